The number of carbonyl (C=O) groups is 2. The highest BCUT2D eigenvalue weighted by molar-refractivity contribution is 6.31. The molecule has 0 unspecified atom stereocenters. The zero-order valence-electron chi connectivity index (χ0n) is 22.7. The molecule has 4 N–H and O–H groups in total. The molecule has 0 aliphatic heterocycles. The van der Waals surface area contributed by atoms with Gasteiger partial charge in [-0.05, 0) is 54.1 Å². The van der Waals surface area contributed by atoms with E-state index in [9.17, 15) is 18.4 Å². The Morgan fingerprint density at radius 1 is 1.24 bits per heavy atom. The molecule has 0 aliphatic rings. The molecule has 0 radical (unpaired) electrons. The van der Waals surface area contributed by atoms with E-state index in [1.165, 1.54) is 48.5 Å². The van der Waals surface area contributed by atoms with E-state index in [0.29, 0.717) is 29.3 Å². The number of benzene rings is 2. The first kappa shape index (κ1) is 32.0. The van der Waals surface area contributed by atoms with Crippen LogP contribution in [0.4, 0.5) is 19.4 Å². The Balaban J connectivity index is 1.69. The van der Waals surface area contributed by atoms with Gasteiger partial charge < -0.3 is 20.1 Å². The number of aliphatic imine (C=N–C) groups is 1. The fourth-order valence-electron chi connectivity index (χ4n) is 3.82. The Kier molecular flexibility index (Phi) is 12.2. The van der Waals surface area contributed by atoms with Gasteiger partial charge in [-0.3, -0.25) is 20.4 Å². The number of aryl methyl sites for hydroxylation is 1. The van der Waals surface area contributed by atoms with Gasteiger partial charge in [0.05, 0.1) is 17.6 Å². The molecule has 11 nitrogen and oxygen atoms in total. The lowest BCUT2D eigenvalue weighted by Gasteiger charge is -2.27. The summed E-state index contributed by atoms with van der Waals surface area (Å²) in [4.78, 5) is 35.4. The monoisotopic (exact) mass is 601 g/mol. The van der Waals surface area contributed by atoms with Gasteiger partial charge in [0, 0.05) is 38.2 Å². The number of ether oxygens (including phenoxy) is 1. The van der Waals surface area contributed by atoms with Crippen molar-refractivity contribution < 1.29 is 28.2 Å². The lowest BCUT2D eigenvalue weighted by atomic mass is 10.1. The van der Waals surface area contributed by atoms with E-state index >= 15 is 0 Å². The second kappa shape index (κ2) is 16.0. The maximum Gasteiger partial charge on any atom is 0.412 e. The Hall–Kier alpha value is -4.54. The SMILES string of the molecule is CN(C(=O)CCc1cccc(F)c1Cl)[C@@H](CN=C(NC#N)NCCCO)COC(=O)Nc1cc2cc(F)ccc2cn1. The van der Waals surface area contributed by atoms with E-state index in [-0.39, 0.29) is 55.3 Å². The number of likely N-dealkylation sites (N-methyl/N-ethyl adjacent to an activating group) is 1. The van der Waals surface area contributed by atoms with Crippen LogP contribution in [-0.4, -0.2) is 72.3 Å². The van der Waals surface area contributed by atoms with Gasteiger partial charge in [0.1, 0.15) is 24.1 Å². The highest BCUT2D eigenvalue weighted by Crippen LogP contribution is 2.21. The van der Waals surface area contributed by atoms with Crippen molar-refractivity contribution in [3.8, 4) is 6.19 Å². The Morgan fingerprint density at radius 2 is 2.05 bits per heavy atom. The van der Waals surface area contributed by atoms with Crippen LogP contribution in [0.2, 0.25) is 5.02 Å². The van der Waals surface area contributed by atoms with Crippen LogP contribution in [0.15, 0.2) is 53.7 Å². The van der Waals surface area contributed by atoms with Gasteiger partial charge >= 0.3 is 6.09 Å². The summed E-state index contributed by atoms with van der Waals surface area (Å²) in [6.07, 6.45) is 2.95. The molecule has 0 spiro atoms. The van der Waals surface area contributed by atoms with Gasteiger partial charge in [0.2, 0.25) is 11.9 Å². The summed E-state index contributed by atoms with van der Waals surface area (Å²) in [7, 11) is 1.51. The second-order valence-electron chi connectivity index (χ2n) is 9.09. The predicted octanol–water partition coefficient (Wildman–Crippen LogP) is 3.57. The van der Waals surface area contributed by atoms with Gasteiger partial charge in [0.25, 0.3) is 0 Å². The average Bonchev–Trinajstić information content (AvgIpc) is 2.97. The number of amides is 2. The summed E-state index contributed by atoms with van der Waals surface area (Å²) < 4.78 is 32.8. The Labute approximate surface area is 246 Å². The topological polar surface area (TPSA) is 152 Å². The average molecular weight is 602 g/mol. The summed E-state index contributed by atoms with van der Waals surface area (Å²) in [6, 6.07) is 9.26. The fourth-order valence-corrected chi connectivity index (χ4v) is 4.04. The molecule has 0 aliphatic carbocycles. The number of nitrogens with one attached hydrogen (secondary N) is 3. The number of aliphatic hydroxyl groups excluding tert-OH is 1. The van der Waals surface area contributed by atoms with Crippen molar-refractivity contribution in [2.45, 2.75) is 25.3 Å². The van der Waals surface area contributed by atoms with Crippen molar-refractivity contribution in [1.29, 1.82) is 5.26 Å². The summed E-state index contributed by atoms with van der Waals surface area (Å²) in [5.41, 5.74) is 0.472. The van der Waals surface area contributed by atoms with Gasteiger partial charge in [-0.15, -0.1) is 0 Å². The number of rotatable bonds is 12. The number of pyridine rings is 1. The zero-order valence-corrected chi connectivity index (χ0v) is 23.5. The summed E-state index contributed by atoms with van der Waals surface area (Å²) in [5.74, 6) is -1.12. The smallest absolute Gasteiger partial charge is 0.412 e. The number of aliphatic hydroxyl groups is 1. The largest absolute Gasteiger partial charge is 0.447 e. The van der Waals surface area contributed by atoms with Crippen molar-refractivity contribution in [2.24, 2.45) is 4.99 Å². The number of halogens is 3. The van der Waals surface area contributed by atoms with Gasteiger partial charge in [-0.2, -0.15) is 5.26 Å². The van der Waals surface area contributed by atoms with E-state index in [4.69, 9.17) is 26.7 Å². The number of aromatic nitrogens is 1. The minimum Gasteiger partial charge on any atom is -0.447 e. The normalized spacial score (nSPS) is 11.9. The molecule has 2 aromatic carbocycles. The molecule has 1 aromatic heterocycles. The Morgan fingerprint density at radius 3 is 2.81 bits per heavy atom. The minimum atomic E-state index is -0.865. The third-order valence-electron chi connectivity index (χ3n) is 6.16. The molecule has 2 amide bonds. The number of carbonyl (C=O) groups excluding carboxylic acids is 2. The molecule has 3 aromatic rings. The molecule has 0 saturated heterocycles. The van der Waals surface area contributed by atoms with E-state index in [1.807, 2.05) is 0 Å². The molecule has 222 valence electrons. The first-order valence-electron chi connectivity index (χ1n) is 12.9. The van der Waals surface area contributed by atoms with E-state index < -0.39 is 23.8 Å². The third-order valence-corrected chi connectivity index (χ3v) is 6.59. The summed E-state index contributed by atoms with van der Waals surface area (Å²) >= 11 is 6.01. The molecule has 42 heavy (non-hydrogen) atoms. The van der Waals surface area contributed by atoms with Crippen LogP contribution < -0.4 is 16.0 Å². The fraction of sp³-hybridized carbons (Fsp3) is 0.321. The number of hydrogen-bond acceptors (Lipinski definition) is 7. The molecule has 3 rings (SSSR count). The lowest BCUT2D eigenvalue weighted by molar-refractivity contribution is -0.132. The van der Waals surface area contributed by atoms with Gasteiger partial charge in [-0.25, -0.2) is 18.6 Å². The molecule has 1 heterocycles. The van der Waals surface area contributed by atoms with Crippen LogP contribution in [-0.2, 0) is 16.0 Å². The van der Waals surface area contributed by atoms with Crippen molar-refractivity contribution >= 4 is 46.2 Å². The highest BCUT2D eigenvalue weighted by atomic mass is 35.5. The number of guanidine groups is 1. The standard InChI is InChI=1S/C28H30ClF2N7O4/c1-38(25(40)9-7-18-4-2-5-23(31)26(18)29)22(15-35-27(36-17-32)33-10-3-11-39)16-42-28(41)37-24-13-20-12-21(30)8-6-19(20)14-34-24/h2,4-6,8,12-14,22,39H,3,7,9-11,15-16H2,1H3,(H2,33,35,36)(H,34,37,41)/t22-/m0/s1. The molecule has 1 atom stereocenters. The minimum absolute atomic E-state index is 0.0122. The first-order chi connectivity index (χ1) is 20.2. The van der Waals surface area contributed by atoms with Crippen LogP contribution in [0.5, 0.6) is 0 Å². The number of hydrogen-bond donors (Lipinski definition) is 4. The zero-order chi connectivity index (χ0) is 30.5. The van der Waals surface area contributed by atoms with Crippen molar-refractivity contribution in [2.75, 3.05) is 38.7 Å². The van der Waals surface area contributed by atoms with Crippen LogP contribution in [0.3, 0.4) is 0 Å². The van der Waals surface area contributed by atoms with E-state index in [1.54, 1.807) is 18.3 Å². The van der Waals surface area contributed by atoms with Crippen molar-refractivity contribution in [1.82, 2.24) is 20.5 Å². The van der Waals surface area contributed by atoms with Crippen LogP contribution >= 0.6 is 11.6 Å². The number of anilines is 1. The first-order valence-corrected chi connectivity index (χ1v) is 13.3. The molecule has 0 bridgehead atoms. The maximum absolute atomic E-state index is 13.8. The van der Waals surface area contributed by atoms with Gasteiger partial charge in [0.15, 0.2) is 6.19 Å². The van der Waals surface area contributed by atoms with E-state index in [2.05, 4.69) is 25.9 Å². The molecular formula is C28H30ClF2N7O4. The summed E-state index contributed by atoms with van der Waals surface area (Å²) in [5, 5.41) is 26.9. The number of nitrogens with zero attached hydrogens (tertiary/aromatic N) is 4. The molecule has 0 fully saturated rings. The third kappa shape index (κ3) is 9.53. The van der Waals surface area contributed by atoms with Crippen molar-refractivity contribution in [3.05, 3.63) is 70.9 Å². The van der Waals surface area contributed by atoms with Crippen LogP contribution in [0, 0.1) is 23.1 Å². The molecular weight excluding hydrogens is 572 g/mol. The quantitative estimate of drug-likeness (QED) is 0.0808. The van der Waals surface area contributed by atoms with Crippen LogP contribution in [0.1, 0.15) is 18.4 Å². The highest BCUT2D eigenvalue weighted by Gasteiger charge is 2.23. The number of fused-ring (bicyclic) bond motifs is 1. The molecule has 14 heteroatoms. The number of nitriles is 1. The van der Waals surface area contributed by atoms with Crippen molar-refractivity contribution in [3.63, 3.8) is 0 Å². The summed E-state index contributed by atoms with van der Waals surface area (Å²) in [6.45, 7) is -0.0811. The predicted molar refractivity (Wildman–Crippen MR) is 154 cm³/mol. The lowest BCUT2D eigenvalue weighted by Crippen LogP contribution is -2.44. The second-order valence-corrected chi connectivity index (χ2v) is 9.46. The van der Waals surface area contributed by atoms with Crippen LogP contribution in [0.25, 0.3) is 10.8 Å². The van der Waals surface area contributed by atoms with E-state index in [0.717, 1.165) is 0 Å². The molecule has 0 saturated carbocycles. The Bertz CT molecular complexity index is 1470. The van der Waals surface area contributed by atoms with Gasteiger partial charge in [-0.1, -0.05) is 23.7 Å². The maximum atomic E-state index is 13.8.